The van der Waals surface area contributed by atoms with E-state index in [1.54, 1.807) is 0 Å². The van der Waals surface area contributed by atoms with Crippen LogP contribution in [-0.4, -0.2) is 34.1 Å². The summed E-state index contributed by atoms with van der Waals surface area (Å²) in [5.74, 6) is 1.99. The lowest BCUT2D eigenvalue weighted by Gasteiger charge is -2.54. The van der Waals surface area contributed by atoms with E-state index in [-0.39, 0.29) is 29.3 Å². The van der Waals surface area contributed by atoms with E-state index in [0.29, 0.717) is 17.8 Å². The molecule has 1 N–H and O–H groups in total. The fourth-order valence-electron chi connectivity index (χ4n) is 6.68. The number of ether oxygens (including phenoxy) is 2. The third-order valence-electron chi connectivity index (χ3n) is 7.63. The molecular formula is C20H34O3. The highest BCUT2D eigenvalue weighted by Crippen LogP contribution is 2.60. The van der Waals surface area contributed by atoms with Crippen LogP contribution in [-0.2, 0) is 9.47 Å². The molecule has 0 amide bonds. The van der Waals surface area contributed by atoms with Crippen molar-refractivity contribution in [3.05, 3.63) is 0 Å². The summed E-state index contributed by atoms with van der Waals surface area (Å²) in [6, 6.07) is 0. The standard InChI is InChI=1S/C20H34O3/c1-12(2)13-7-10-19(4,21)16-14-11-18(3)8-6-9-20(5,23-18)17(22-14)15(13)16/h12-17,21H,6-11H2,1-5H3. The van der Waals surface area contributed by atoms with Gasteiger partial charge in [0.2, 0.25) is 0 Å². The van der Waals surface area contributed by atoms with Crippen LogP contribution in [0.15, 0.2) is 0 Å². The van der Waals surface area contributed by atoms with Crippen LogP contribution in [0.2, 0.25) is 0 Å². The highest BCUT2D eigenvalue weighted by molar-refractivity contribution is 5.14. The second-order valence-electron chi connectivity index (χ2n) is 9.92. The molecule has 3 heterocycles. The zero-order valence-electron chi connectivity index (χ0n) is 15.5. The van der Waals surface area contributed by atoms with Crippen molar-refractivity contribution in [2.45, 2.75) is 102 Å². The molecule has 23 heavy (non-hydrogen) atoms. The molecule has 0 aromatic rings. The van der Waals surface area contributed by atoms with Crippen molar-refractivity contribution in [1.82, 2.24) is 0 Å². The second-order valence-corrected chi connectivity index (χ2v) is 9.92. The highest BCUT2D eigenvalue weighted by atomic mass is 16.6. The molecule has 1 aliphatic carbocycles. The van der Waals surface area contributed by atoms with E-state index in [4.69, 9.17) is 9.47 Å². The molecule has 8 atom stereocenters. The fraction of sp³-hybridized carbons (Fsp3) is 1.00. The first-order chi connectivity index (χ1) is 10.7. The van der Waals surface area contributed by atoms with Gasteiger partial charge in [0.05, 0.1) is 29.0 Å². The first kappa shape index (κ1) is 16.4. The molecule has 4 fully saturated rings. The van der Waals surface area contributed by atoms with Crippen LogP contribution in [0.5, 0.6) is 0 Å². The van der Waals surface area contributed by atoms with Crippen LogP contribution >= 0.6 is 0 Å². The lowest BCUT2D eigenvalue weighted by atomic mass is 9.56. The van der Waals surface area contributed by atoms with Crippen molar-refractivity contribution < 1.29 is 14.6 Å². The molecule has 8 unspecified atom stereocenters. The van der Waals surface area contributed by atoms with E-state index in [9.17, 15) is 5.11 Å². The molecular weight excluding hydrogens is 288 g/mol. The quantitative estimate of drug-likeness (QED) is 0.795. The van der Waals surface area contributed by atoms with E-state index in [1.807, 2.05) is 0 Å². The first-order valence-electron chi connectivity index (χ1n) is 9.73. The number of rotatable bonds is 1. The predicted molar refractivity (Wildman–Crippen MR) is 90.2 cm³/mol. The predicted octanol–water partition coefficient (Wildman–Crippen LogP) is 3.92. The Morgan fingerprint density at radius 2 is 1.83 bits per heavy atom. The van der Waals surface area contributed by atoms with E-state index in [0.717, 1.165) is 32.1 Å². The molecule has 0 aromatic carbocycles. The fourth-order valence-corrected chi connectivity index (χ4v) is 6.68. The molecule has 3 nitrogen and oxygen atoms in total. The molecule has 3 saturated heterocycles. The molecule has 132 valence electrons. The van der Waals surface area contributed by atoms with Gasteiger partial charge in [0, 0.05) is 12.3 Å². The summed E-state index contributed by atoms with van der Waals surface area (Å²) in [5.41, 5.74) is -0.839. The Morgan fingerprint density at radius 1 is 1.09 bits per heavy atom. The third kappa shape index (κ3) is 2.33. The molecule has 0 aromatic heterocycles. The number of aliphatic hydroxyl groups is 1. The minimum Gasteiger partial charge on any atom is -0.390 e. The molecule has 3 aliphatic heterocycles. The van der Waals surface area contributed by atoms with Crippen LogP contribution in [0.1, 0.15) is 73.1 Å². The minimum atomic E-state index is -0.589. The Labute approximate surface area is 141 Å². The maximum absolute atomic E-state index is 11.2. The molecule has 4 bridgehead atoms. The minimum absolute atomic E-state index is 0.0712. The Balaban J connectivity index is 1.78. The lowest BCUT2D eigenvalue weighted by Crippen LogP contribution is -2.59. The van der Waals surface area contributed by atoms with Gasteiger partial charge in [-0.25, -0.2) is 0 Å². The normalized spacial score (nSPS) is 58.8. The summed E-state index contributed by atoms with van der Waals surface area (Å²) >= 11 is 0. The van der Waals surface area contributed by atoms with Crippen molar-refractivity contribution >= 4 is 0 Å². The van der Waals surface area contributed by atoms with Crippen molar-refractivity contribution in [3.8, 4) is 0 Å². The molecule has 1 saturated carbocycles. The molecule has 3 heteroatoms. The average Bonchev–Trinajstić information content (AvgIpc) is 2.75. The maximum atomic E-state index is 11.2. The summed E-state index contributed by atoms with van der Waals surface area (Å²) in [4.78, 5) is 0. The Morgan fingerprint density at radius 3 is 2.52 bits per heavy atom. The number of hydrogen-bond acceptors (Lipinski definition) is 3. The van der Waals surface area contributed by atoms with Crippen molar-refractivity contribution in [2.75, 3.05) is 0 Å². The Bertz CT molecular complexity index is 487. The van der Waals surface area contributed by atoms with E-state index in [1.165, 1.54) is 6.42 Å². The summed E-state index contributed by atoms with van der Waals surface area (Å²) in [7, 11) is 0. The van der Waals surface area contributed by atoms with E-state index in [2.05, 4.69) is 34.6 Å². The zero-order valence-corrected chi connectivity index (χ0v) is 15.5. The highest BCUT2D eigenvalue weighted by Gasteiger charge is 2.65. The summed E-state index contributed by atoms with van der Waals surface area (Å²) < 4.78 is 13.4. The van der Waals surface area contributed by atoms with Gasteiger partial charge in [-0.15, -0.1) is 0 Å². The maximum Gasteiger partial charge on any atom is 0.0925 e. The SMILES string of the molecule is CC(C)C1CCC(C)(O)C2C3CC4(C)CCCC(C)(O4)C(O3)C12. The van der Waals surface area contributed by atoms with Gasteiger partial charge in [-0.05, 0) is 70.6 Å². The van der Waals surface area contributed by atoms with Crippen LogP contribution in [0.25, 0.3) is 0 Å². The smallest absolute Gasteiger partial charge is 0.0925 e. The van der Waals surface area contributed by atoms with Gasteiger partial charge >= 0.3 is 0 Å². The van der Waals surface area contributed by atoms with Gasteiger partial charge in [0.25, 0.3) is 0 Å². The third-order valence-corrected chi connectivity index (χ3v) is 7.63. The van der Waals surface area contributed by atoms with Crippen molar-refractivity contribution in [1.29, 1.82) is 0 Å². The topological polar surface area (TPSA) is 38.7 Å². The van der Waals surface area contributed by atoms with Gasteiger partial charge < -0.3 is 14.6 Å². The van der Waals surface area contributed by atoms with Gasteiger partial charge in [0.1, 0.15) is 0 Å². The zero-order chi connectivity index (χ0) is 16.6. The average molecular weight is 322 g/mol. The number of fused-ring (bicyclic) bond motifs is 8. The van der Waals surface area contributed by atoms with E-state index >= 15 is 0 Å². The van der Waals surface area contributed by atoms with Crippen molar-refractivity contribution in [2.24, 2.45) is 23.7 Å². The summed E-state index contributed by atoms with van der Waals surface area (Å²) in [6.07, 6.45) is 6.74. The van der Waals surface area contributed by atoms with Crippen LogP contribution in [0.3, 0.4) is 0 Å². The number of hydrogen-bond donors (Lipinski definition) is 1. The largest absolute Gasteiger partial charge is 0.390 e. The monoisotopic (exact) mass is 322 g/mol. The second kappa shape index (κ2) is 4.95. The van der Waals surface area contributed by atoms with Crippen molar-refractivity contribution in [3.63, 3.8) is 0 Å². The van der Waals surface area contributed by atoms with Gasteiger partial charge in [-0.2, -0.15) is 0 Å². The summed E-state index contributed by atoms with van der Waals surface area (Å²) in [5, 5.41) is 11.2. The van der Waals surface area contributed by atoms with Crippen LogP contribution in [0, 0.1) is 23.7 Å². The summed E-state index contributed by atoms with van der Waals surface area (Å²) in [6.45, 7) is 11.3. The Kier molecular flexibility index (Phi) is 3.52. The van der Waals surface area contributed by atoms with E-state index < -0.39 is 5.60 Å². The molecule has 0 spiro atoms. The molecule has 4 aliphatic rings. The van der Waals surface area contributed by atoms with Crippen LogP contribution < -0.4 is 0 Å². The molecule has 4 rings (SSSR count). The van der Waals surface area contributed by atoms with Gasteiger partial charge in [-0.3, -0.25) is 0 Å². The van der Waals surface area contributed by atoms with Gasteiger partial charge in [-0.1, -0.05) is 13.8 Å². The van der Waals surface area contributed by atoms with Gasteiger partial charge in [0.15, 0.2) is 0 Å². The Hall–Kier alpha value is -0.120. The van der Waals surface area contributed by atoms with Crippen LogP contribution in [0.4, 0.5) is 0 Å². The first-order valence-corrected chi connectivity index (χ1v) is 9.73. The molecule has 0 radical (unpaired) electrons. The lowest BCUT2D eigenvalue weighted by molar-refractivity contribution is -0.216.